The van der Waals surface area contributed by atoms with E-state index < -0.39 is 10.0 Å². The van der Waals surface area contributed by atoms with E-state index in [1.807, 2.05) is 19.1 Å². The Kier molecular flexibility index (Phi) is 3.58. The van der Waals surface area contributed by atoms with Crippen molar-refractivity contribution in [3.63, 3.8) is 0 Å². The fourth-order valence-electron chi connectivity index (χ4n) is 2.58. The Morgan fingerprint density at radius 3 is 2.42 bits per heavy atom. The molecule has 1 aliphatic heterocycles. The molecule has 0 aromatic heterocycles. The summed E-state index contributed by atoms with van der Waals surface area (Å²) in [6, 6.07) is 6.90. The minimum absolute atomic E-state index is 0.00335. The minimum atomic E-state index is -3.43. The van der Waals surface area contributed by atoms with Crippen molar-refractivity contribution in [2.75, 3.05) is 6.54 Å². The Balaban J connectivity index is 2.39. The number of rotatable bonds is 3. The van der Waals surface area contributed by atoms with Crippen molar-refractivity contribution in [2.24, 2.45) is 5.41 Å². The molecular formula is C15H21NO2S. The third kappa shape index (κ3) is 2.74. The van der Waals surface area contributed by atoms with Gasteiger partial charge in [0.2, 0.25) is 10.0 Å². The Hall–Kier alpha value is -1.13. The van der Waals surface area contributed by atoms with E-state index in [9.17, 15) is 8.42 Å². The third-order valence-electron chi connectivity index (χ3n) is 3.62. The molecule has 1 atom stereocenters. The first-order valence-corrected chi connectivity index (χ1v) is 7.91. The van der Waals surface area contributed by atoms with Crippen molar-refractivity contribution >= 4 is 10.0 Å². The van der Waals surface area contributed by atoms with Crippen LogP contribution in [0.5, 0.6) is 0 Å². The molecule has 1 saturated heterocycles. The first kappa shape index (κ1) is 14.3. The number of sulfonamides is 1. The van der Waals surface area contributed by atoms with E-state index in [2.05, 4.69) is 20.4 Å². The Morgan fingerprint density at radius 2 is 1.89 bits per heavy atom. The summed E-state index contributed by atoms with van der Waals surface area (Å²) >= 11 is 0. The van der Waals surface area contributed by atoms with Gasteiger partial charge in [0.05, 0.1) is 4.90 Å². The molecule has 1 aliphatic rings. The van der Waals surface area contributed by atoms with E-state index in [-0.39, 0.29) is 11.5 Å². The van der Waals surface area contributed by atoms with E-state index >= 15 is 0 Å². The summed E-state index contributed by atoms with van der Waals surface area (Å²) in [4.78, 5) is 0.364. The van der Waals surface area contributed by atoms with Crippen LogP contribution < -0.4 is 0 Å². The number of nitrogens with zero attached hydrogens (tertiary/aromatic N) is 1. The van der Waals surface area contributed by atoms with Crippen LogP contribution in [0.4, 0.5) is 0 Å². The van der Waals surface area contributed by atoms with Gasteiger partial charge in [0.1, 0.15) is 0 Å². The van der Waals surface area contributed by atoms with Crippen LogP contribution in [0.3, 0.4) is 0 Å². The Bertz CT molecular complexity index is 573. The van der Waals surface area contributed by atoms with Gasteiger partial charge in [0.25, 0.3) is 0 Å². The lowest BCUT2D eigenvalue weighted by atomic mass is 9.91. The van der Waals surface area contributed by atoms with E-state index in [4.69, 9.17) is 0 Å². The Morgan fingerprint density at radius 1 is 1.32 bits per heavy atom. The van der Waals surface area contributed by atoms with E-state index in [0.717, 1.165) is 12.0 Å². The summed E-state index contributed by atoms with van der Waals surface area (Å²) in [5.41, 5.74) is 1.05. The summed E-state index contributed by atoms with van der Waals surface area (Å²) in [6.45, 7) is 10.4. The summed E-state index contributed by atoms with van der Waals surface area (Å²) in [5, 5.41) is 0. The molecule has 19 heavy (non-hydrogen) atoms. The SMILES string of the molecule is C=C[C@H]1CC(C)(C)CN1S(=O)(=O)c1ccc(C)cc1. The van der Waals surface area contributed by atoms with Gasteiger partial charge in [-0.1, -0.05) is 37.6 Å². The average molecular weight is 279 g/mol. The van der Waals surface area contributed by atoms with Gasteiger partial charge >= 0.3 is 0 Å². The molecule has 1 aromatic carbocycles. The van der Waals surface area contributed by atoms with Crippen molar-refractivity contribution < 1.29 is 8.42 Å². The molecule has 0 saturated carbocycles. The monoisotopic (exact) mass is 279 g/mol. The smallest absolute Gasteiger partial charge is 0.207 e. The van der Waals surface area contributed by atoms with Gasteiger partial charge in [0, 0.05) is 12.6 Å². The third-order valence-corrected chi connectivity index (χ3v) is 5.50. The van der Waals surface area contributed by atoms with Gasteiger partial charge < -0.3 is 0 Å². The highest BCUT2D eigenvalue weighted by atomic mass is 32.2. The zero-order chi connectivity index (χ0) is 14.3. The van der Waals surface area contributed by atoms with Gasteiger partial charge in [-0.3, -0.25) is 0 Å². The molecule has 104 valence electrons. The molecule has 3 nitrogen and oxygen atoms in total. The number of aryl methyl sites for hydroxylation is 1. The molecule has 0 radical (unpaired) electrons. The van der Waals surface area contributed by atoms with Crippen LogP contribution in [0.15, 0.2) is 41.8 Å². The van der Waals surface area contributed by atoms with Gasteiger partial charge in [-0.05, 0) is 30.9 Å². The van der Waals surface area contributed by atoms with Gasteiger partial charge in [-0.2, -0.15) is 4.31 Å². The zero-order valence-electron chi connectivity index (χ0n) is 11.8. The summed E-state index contributed by atoms with van der Waals surface area (Å²) < 4.78 is 26.9. The normalized spacial score (nSPS) is 23.4. The molecule has 0 spiro atoms. The molecule has 1 heterocycles. The fraction of sp³-hybridized carbons (Fsp3) is 0.467. The van der Waals surface area contributed by atoms with Crippen LogP contribution in [0, 0.1) is 12.3 Å². The topological polar surface area (TPSA) is 37.4 Å². The van der Waals surface area contributed by atoms with E-state index in [1.165, 1.54) is 0 Å². The lowest BCUT2D eigenvalue weighted by Crippen LogP contribution is -2.35. The maximum atomic E-state index is 12.7. The predicted molar refractivity (Wildman–Crippen MR) is 77.5 cm³/mol. The quantitative estimate of drug-likeness (QED) is 0.798. The van der Waals surface area contributed by atoms with Crippen LogP contribution in [0.2, 0.25) is 0 Å². The van der Waals surface area contributed by atoms with Crippen LogP contribution in [0.25, 0.3) is 0 Å². The largest absolute Gasteiger partial charge is 0.243 e. The molecule has 2 rings (SSSR count). The summed E-state index contributed by atoms with van der Waals surface area (Å²) in [7, 11) is -3.43. The van der Waals surface area contributed by atoms with Gasteiger partial charge in [-0.15, -0.1) is 6.58 Å². The maximum Gasteiger partial charge on any atom is 0.243 e. The molecule has 0 aliphatic carbocycles. The number of benzene rings is 1. The zero-order valence-corrected chi connectivity index (χ0v) is 12.6. The standard InChI is InChI=1S/C15H21NO2S/c1-5-13-10-15(3,4)11-16(13)19(17,18)14-8-6-12(2)7-9-14/h5-9,13H,1,10-11H2,2-4H3/t13-/m0/s1. The molecule has 1 aromatic rings. The van der Waals surface area contributed by atoms with Crippen LogP contribution in [0.1, 0.15) is 25.8 Å². The highest BCUT2D eigenvalue weighted by Gasteiger charge is 2.42. The van der Waals surface area contributed by atoms with Gasteiger partial charge in [-0.25, -0.2) is 8.42 Å². The van der Waals surface area contributed by atoms with Crippen molar-refractivity contribution in [1.82, 2.24) is 4.31 Å². The molecule has 4 heteroatoms. The number of hydrogen-bond donors (Lipinski definition) is 0. The fourth-order valence-corrected chi connectivity index (χ4v) is 4.37. The molecule has 0 unspecified atom stereocenters. The Labute approximate surface area is 116 Å². The molecule has 0 amide bonds. The second-order valence-electron chi connectivity index (χ2n) is 6.03. The van der Waals surface area contributed by atoms with Crippen molar-refractivity contribution in [1.29, 1.82) is 0 Å². The minimum Gasteiger partial charge on any atom is -0.207 e. The average Bonchev–Trinajstić information content (AvgIpc) is 2.66. The second kappa shape index (κ2) is 4.76. The maximum absolute atomic E-state index is 12.7. The lowest BCUT2D eigenvalue weighted by Gasteiger charge is -2.22. The van der Waals surface area contributed by atoms with E-state index in [0.29, 0.717) is 11.4 Å². The molecule has 0 N–H and O–H groups in total. The second-order valence-corrected chi connectivity index (χ2v) is 7.93. The van der Waals surface area contributed by atoms with Crippen molar-refractivity contribution in [3.8, 4) is 0 Å². The molecule has 1 fully saturated rings. The first-order valence-electron chi connectivity index (χ1n) is 6.47. The van der Waals surface area contributed by atoms with Crippen LogP contribution >= 0.6 is 0 Å². The highest BCUT2D eigenvalue weighted by Crippen LogP contribution is 2.37. The van der Waals surface area contributed by atoms with Crippen molar-refractivity contribution in [3.05, 3.63) is 42.5 Å². The van der Waals surface area contributed by atoms with Crippen LogP contribution in [-0.4, -0.2) is 25.3 Å². The highest BCUT2D eigenvalue weighted by molar-refractivity contribution is 7.89. The van der Waals surface area contributed by atoms with Crippen molar-refractivity contribution in [2.45, 2.75) is 38.1 Å². The van der Waals surface area contributed by atoms with Gasteiger partial charge in [0.15, 0.2) is 0 Å². The summed E-state index contributed by atoms with van der Waals surface area (Å²) in [6.07, 6.45) is 2.56. The number of hydrogen-bond acceptors (Lipinski definition) is 2. The lowest BCUT2D eigenvalue weighted by molar-refractivity contribution is 0.373. The first-order chi connectivity index (χ1) is 8.76. The summed E-state index contributed by atoms with van der Waals surface area (Å²) in [5.74, 6) is 0. The van der Waals surface area contributed by atoms with E-state index in [1.54, 1.807) is 22.5 Å². The molecule has 0 bridgehead atoms. The predicted octanol–water partition coefficient (Wildman–Crippen LogP) is 2.97. The molecular weight excluding hydrogens is 258 g/mol. The van der Waals surface area contributed by atoms with Crippen LogP contribution in [-0.2, 0) is 10.0 Å².